The molecule has 2 amide bonds. The third-order valence-corrected chi connectivity index (χ3v) is 4.57. The number of amides is 2. The number of rotatable bonds is 9. The molecule has 1 saturated carbocycles. The number of hydrogen-bond donors (Lipinski definition) is 2. The highest BCUT2D eigenvalue weighted by Gasteiger charge is 2.30. The van der Waals surface area contributed by atoms with Gasteiger partial charge in [0.1, 0.15) is 0 Å². The average Bonchev–Trinajstić information content (AvgIpc) is 2.57. The molecule has 6 heteroatoms. The molecule has 0 aromatic heterocycles. The topological polar surface area (TPSA) is 76.7 Å². The van der Waals surface area contributed by atoms with Crippen LogP contribution in [0.1, 0.15) is 67.2 Å². The second kappa shape index (κ2) is 11.0. The highest BCUT2D eigenvalue weighted by atomic mass is 16.5. The van der Waals surface area contributed by atoms with Crippen LogP contribution >= 0.6 is 0 Å². The molecular weight excluding hydrogens is 344 g/mol. The molecule has 1 rings (SSSR count). The lowest BCUT2D eigenvalue weighted by Gasteiger charge is -2.28. The maximum Gasteiger partial charge on any atom is 0.223 e. The predicted molar refractivity (Wildman–Crippen MR) is 107 cm³/mol. The number of hydrogen-bond acceptors (Lipinski definition) is 4. The molecule has 0 heterocycles. The Morgan fingerprint density at radius 1 is 0.815 bits per heavy atom. The SMILES string of the molecule is CC(C)(C)CNC(=O)C1CCC(C(=O)NCCOCCOC(C)(C)C)CC1. The van der Waals surface area contributed by atoms with Crippen molar-refractivity contribution in [2.75, 3.05) is 32.9 Å². The largest absolute Gasteiger partial charge is 0.377 e. The molecule has 0 saturated heterocycles. The van der Waals surface area contributed by atoms with Gasteiger partial charge in [-0.25, -0.2) is 0 Å². The van der Waals surface area contributed by atoms with Crippen molar-refractivity contribution in [2.45, 2.75) is 72.8 Å². The van der Waals surface area contributed by atoms with Crippen molar-refractivity contribution in [1.82, 2.24) is 10.6 Å². The number of carbonyl (C=O) groups is 2. The summed E-state index contributed by atoms with van der Waals surface area (Å²) in [6.07, 6.45) is 3.13. The molecule has 0 aromatic carbocycles. The van der Waals surface area contributed by atoms with Crippen LogP contribution in [0.5, 0.6) is 0 Å². The van der Waals surface area contributed by atoms with Crippen LogP contribution in [0.2, 0.25) is 0 Å². The maximum atomic E-state index is 12.3. The zero-order chi connectivity index (χ0) is 20.5. The van der Waals surface area contributed by atoms with Crippen LogP contribution in [0, 0.1) is 17.3 Å². The first-order valence-electron chi connectivity index (χ1n) is 10.2. The monoisotopic (exact) mass is 384 g/mol. The van der Waals surface area contributed by atoms with Crippen LogP contribution in [-0.4, -0.2) is 50.3 Å². The summed E-state index contributed by atoms with van der Waals surface area (Å²) >= 11 is 0. The molecule has 0 aromatic rings. The fraction of sp³-hybridized carbons (Fsp3) is 0.905. The molecule has 0 radical (unpaired) electrons. The second-order valence-electron chi connectivity index (χ2n) is 9.69. The molecule has 0 aliphatic heterocycles. The normalized spacial score (nSPS) is 21.0. The van der Waals surface area contributed by atoms with Crippen molar-refractivity contribution in [3.05, 3.63) is 0 Å². The minimum Gasteiger partial charge on any atom is -0.377 e. The standard InChI is InChI=1S/C21H40N2O4/c1-20(2,3)15-23-19(25)17-9-7-16(8-10-17)18(24)22-11-12-26-13-14-27-21(4,5)6/h16-17H,7-15H2,1-6H3,(H,22,24)(H,23,25). The Morgan fingerprint density at radius 3 is 1.81 bits per heavy atom. The van der Waals surface area contributed by atoms with Crippen molar-refractivity contribution in [3.63, 3.8) is 0 Å². The molecule has 0 atom stereocenters. The van der Waals surface area contributed by atoms with Crippen LogP contribution < -0.4 is 10.6 Å². The van der Waals surface area contributed by atoms with Gasteiger partial charge < -0.3 is 20.1 Å². The lowest BCUT2D eigenvalue weighted by molar-refractivity contribution is -0.130. The van der Waals surface area contributed by atoms with E-state index in [1.165, 1.54) is 0 Å². The van der Waals surface area contributed by atoms with Crippen LogP contribution in [0.15, 0.2) is 0 Å². The number of ether oxygens (including phenoxy) is 2. The van der Waals surface area contributed by atoms with E-state index in [9.17, 15) is 9.59 Å². The summed E-state index contributed by atoms with van der Waals surface area (Å²) in [6, 6.07) is 0. The Bertz CT molecular complexity index is 458. The zero-order valence-corrected chi connectivity index (χ0v) is 18.2. The Balaban J connectivity index is 2.12. The maximum absolute atomic E-state index is 12.3. The average molecular weight is 385 g/mol. The number of carbonyl (C=O) groups excluding carboxylic acids is 2. The van der Waals surface area contributed by atoms with Gasteiger partial charge in [-0.15, -0.1) is 0 Å². The van der Waals surface area contributed by atoms with E-state index in [2.05, 4.69) is 31.4 Å². The third-order valence-electron chi connectivity index (χ3n) is 4.57. The summed E-state index contributed by atoms with van der Waals surface area (Å²) < 4.78 is 11.0. The molecule has 0 unspecified atom stereocenters. The van der Waals surface area contributed by atoms with E-state index in [0.717, 1.165) is 25.7 Å². The van der Waals surface area contributed by atoms with Crippen molar-refractivity contribution < 1.29 is 19.1 Å². The van der Waals surface area contributed by atoms with Crippen molar-refractivity contribution in [3.8, 4) is 0 Å². The Kier molecular flexibility index (Phi) is 9.74. The highest BCUT2D eigenvalue weighted by molar-refractivity contribution is 5.81. The predicted octanol–water partition coefficient (Wildman–Crippen LogP) is 2.90. The van der Waals surface area contributed by atoms with Gasteiger partial charge in [0.15, 0.2) is 0 Å². The first-order valence-corrected chi connectivity index (χ1v) is 10.2. The molecule has 0 spiro atoms. The lowest BCUT2D eigenvalue weighted by Crippen LogP contribution is -2.40. The summed E-state index contributed by atoms with van der Waals surface area (Å²) in [5, 5.41) is 5.98. The summed E-state index contributed by atoms with van der Waals surface area (Å²) in [7, 11) is 0. The van der Waals surface area contributed by atoms with Gasteiger partial charge in [-0.1, -0.05) is 20.8 Å². The molecular formula is C21H40N2O4. The van der Waals surface area contributed by atoms with Gasteiger partial charge in [-0.3, -0.25) is 9.59 Å². The van der Waals surface area contributed by atoms with E-state index in [4.69, 9.17) is 9.47 Å². The van der Waals surface area contributed by atoms with Crippen LogP contribution in [-0.2, 0) is 19.1 Å². The van der Waals surface area contributed by atoms with E-state index in [-0.39, 0.29) is 34.7 Å². The first kappa shape index (κ1) is 23.9. The van der Waals surface area contributed by atoms with Gasteiger partial charge in [-0.05, 0) is 51.9 Å². The van der Waals surface area contributed by atoms with E-state index in [0.29, 0.717) is 32.9 Å². The van der Waals surface area contributed by atoms with Crippen LogP contribution in [0.25, 0.3) is 0 Å². The molecule has 1 fully saturated rings. The Hall–Kier alpha value is -1.14. The van der Waals surface area contributed by atoms with Gasteiger partial charge in [-0.2, -0.15) is 0 Å². The molecule has 158 valence electrons. The third kappa shape index (κ3) is 11.3. The summed E-state index contributed by atoms with van der Waals surface area (Å²) in [6.45, 7) is 15.1. The summed E-state index contributed by atoms with van der Waals surface area (Å²) in [5.41, 5.74) is -0.0618. The Labute approximate surface area is 165 Å². The zero-order valence-electron chi connectivity index (χ0n) is 18.2. The van der Waals surface area contributed by atoms with Gasteiger partial charge in [0, 0.05) is 24.9 Å². The van der Waals surface area contributed by atoms with E-state index < -0.39 is 0 Å². The lowest BCUT2D eigenvalue weighted by atomic mass is 9.81. The van der Waals surface area contributed by atoms with E-state index in [1.807, 2.05) is 20.8 Å². The minimum absolute atomic E-state index is 0.0147. The van der Waals surface area contributed by atoms with Gasteiger partial charge in [0.25, 0.3) is 0 Å². The molecule has 27 heavy (non-hydrogen) atoms. The second-order valence-corrected chi connectivity index (χ2v) is 9.69. The first-order chi connectivity index (χ1) is 12.5. The molecule has 1 aliphatic carbocycles. The molecule has 2 N–H and O–H groups in total. The highest BCUT2D eigenvalue weighted by Crippen LogP contribution is 2.29. The quantitative estimate of drug-likeness (QED) is 0.599. The van der Waals surface area contributed by atoms with E-state index >= 15 is 0 Å². The smallest absolute Gasteiger partial charge is 0.223 e. The number of nitrogens with one attached hydrogen (secondary N) is 2. The molecule has 0 bridgehead atoms. The summed E-state index contributed by atoms with van der Waals surface area (Å²) in [5.74, 6) is 0.274. The molecule has 1 aliphatic rings. The summed E-state index contributed by atoms with van der Waals surface area (Å²) in [4.78, 5) is 24.5. The van der Waals surface area contributed by atoms with Gasteiger partial charge >= 0.3 is 0 Å². The van der Waals surface area contributed by atoms with E-state index in [1.54, 1.807) is 0 Å². The van der Waals surface area contributed by atoms with Gasteiger partial charge in [0.2, 0.25) is 11.8 Å². The van der Waals surface area contributed by atoms with Gasteiger partial charge in [0.05, 0.1) is 25.4 Å². The molecule has 6 nitrogen and oxygen atoms in total. The van der Waals surface area contributed by atoms with Crippen molar-refractivity contribution in [1.29, 1.82) is 0 Å². The minimum atomic E-state index is -0.153. The van der Waals surface area contributed by atoms with Crippen LogP contribution in [0.3, 0.4) is 0 Å². The van der Waals surface area contributed by atoms with Crippen LogP contribution in [0.4, 0.5) is 0 Å². The Morgan fingerprint density at radius 2 is 1.33 bits per heavy atom. The fourth-order valence-corrected chi connectivity index (χ4v) is 3.01. The fourth-order valence-electron chi connectivity index (χ4n) is 3.01. The van der Waals surface area contributed by atoms with Crippen molar-refractivity contribution in [2.24, 2.45) is 17.3 Å². The van der Waals surface area contributed by atoms with Crippen molar-refractivity contribution >= 4 is 11.8 Å².